The van der Waals surface area contributed by atoms with E-state index in [2.05, 4.69) is 0 Å². The van der Waals surface area contributed by atoms with Gasteiger partial charge in [-0.15, -0.1) is 0 Å². The first kappa shape index (κ1) is 4.97. The van der Waals surface area contributed by atoms with E-state index in [0.29, 0.717) is 0 Å². The van der Waals surface area contributed by atoms with Crippen molar-refractivity contribution in [2.24, 2.45) is 0 Å². The van der Waals surface area contributed by atoms with Crippen molar-refractivity contribution in [2.45, 2.75) is 0 Å². The van der Waals surface area contributed by atoms with Crippen LogP contribution in [0.25, 0.3) is 0 Å². The van der Waals surface area contributed by atoms with E-state index in [1.165, 1.54) is 0 Å². The van der Waals surface area contributed by atoms with Gasteiger partial charge in [0.05, 0.1) is 0 Å². The fraction of sp³-hybridized carbons (Fsp3) is 0. The number of rotatable bonds is 0. The minimum absolute atomic E-state index is 6.06. The molecule has 0 aliphatic carbocycles. The molecule has 0 aliphatic rings. The van der Waals surface area contributed by atoms with Gasteiger partial charge >= 0.3 is 30.3 Å². The van der Waals surface area contributed by atoms with E-state index in [0.717, 1.165) is 0 Å². The van der Waals surface area contributed by atoms with Gasteiger partial charge in [-0.2, -0.15) is 0 Å². The van der Waals surface area contributed by atoms with Gasteiger partial charge in [0.2, 0.25) is 0 Å². The standard InChI is InChI=1S/Mg.4O. The van der Waals surface area contributed by atoms with Crippen LogP contribution in [-0.2, 0) is 12.7 Å². The van der Waals surface area contributed by atoms with Gasteiger partial charge in [0.1, 0.15) is 0 Å². The second kappa shape index (κ2) is 0.980. The molecule has 0 aromatic carbocycles. The Hall–Kier alpha value is -0.0338. The van der Waals surface area contributed by atoms with Gasteiger partial charge in [-0.25, -0.2) is 0 Å². The van der Waals surface area contributed by atoms with Crippen molar-refractivity contribution in [2.75, 3.05) is 0 Å². The zero-order chi connectivity index (χ0) is 4.50. The maximum atomic E-state index is 8.63. The molecular formula is MgO4. The third-order valence-electron chi connectivity index (χ3n) is 0. The van der Waals surface area contributed by atoms with Crippen LogP contribution in [0.1, 0.15) is 0 Å². The Bertz CT molecular complexity index is 155. The van der Waals surface area contributed by atoms with Crippen LogP contribution in [0, 0.1) is 0 Å². The first-order valence-corrected chi connectivity index (χ1v) is 3.46. The minimum atomic E-state index is -6.06. The molecule has 0 heterocycles. The molecule has 4 nitrogen and oxygen atoms in total. The van der Waals surface area contributed by atoms with Gasteiger partial charge in [-0.05, 0) is 0 Å². The van der Waals surface area contributed by atoms with Crippen LogP contribution in [0.4, 0.5) is 0 Å². The topological polar surface area (TPSA) is 68.3 Å². The summed E-state index contributed by atoms with van der Waals surface area (Å²) in [7, 11) is 0. The molecule has 0 radical (unpaired) electrons. The second-order valence-electron chi connectivity index (χ2n) is 0.707. The quantitative estimate of drug-likeness (QED) is 0.361. The van der Waals surface area contributed by atoms with Crippen LogP contribution in [0.15, 0.2) is 0 Å². The van der Waals surface area contributed by atoms with Gasteiger partial charge in [0.15, 0.2) is 0 Å². The van der Waals surface area contributed by atoms with Crippen LogP contribution in [0.5, 0.6) is 0 Å². The first-order chi connectivity index (χ1) is 2.00. The van der Waals surface area contributed by atoms with Gasteiger partial charge in [-0.1, -0.05) is 0 Å². The van der Waals surface area contributed by atoms with Gasteiger partial charge < -0.3 is 0 Å². The van der Waals surface area contributed by atoms with E-state index >= 15 is 0 Å². The average Bonchev–Trinajstić information content (AvgIpc) is 0.722. The zero-order valence-electron chi connectivity index (χ0n) is 2.34. The molecule has 26 valence electrons. The van der Waals surface area contributed by atoms with E-state index in [1.54, 1.807) is 0 Å². The fourth-order valence-corrected chi connectivity index (χ4v) is 0. The molecule has 0 bridgehead atoms. The predicted molar refractivity (Wildman–Crippen MR) is 8.50 cm³/mol. The van der Waals surface area contributed by atoms with Crippen molar-refractivity contribution >= 4 is 17.6 Å². The van der Waals surface area contributed by atoms with Crippen LogP contribution in [-0.4, -0.2) is 17.6 Å². The Morgan fingerprint density at radius 1 is 0.800 bits per heavy atom. The molecule has 0 amide bonds. The maximum absolute atomic E-state index is 8.63. The Morgan fingerprint density at radius 3 is 0.800 bits per heavy atom. The molecule has 0 aliphatic heterocycles. The van der Waals surface area contributed by atoms with E-state index in [9.17, 15) is 0 Å². The summed E-state index contributed by atoms with van der Waals surface area (Å²) in [4.78, 5) is 0. The van der Waals surface area contributed by atoms with Crippen molar-refractivity contribution in [3.63, 3.8) is 0 Å². The molecule has 0 rings (SSSR count). The molecular weight excluding hydrogens is 88.3 g/mol. The Morgan fingerprint density at radius 2 is 0.800 bits per heavy atom. The van der Waals surface area contributed by atoms with Crippen molar-refractivity contribution in [1.29, 1.82) is 0 Å². The summed E-state index contributed by atoms with van der Waals surface area (Å²) in [5, 5.41) is 0. The van der Waals surface area contributed by atoms with Crippen molar-refractivity contribution < 1.29 is 12.7 Å². The SMILES string of the molecule is [O]=[Mg](=[O])(=[O])=[O]. The van der Waals surface area contributed by atoms with Crippen LogP contribution in [0.2, 0.25) is 0 Å². The van der Waals surface area contributed by atoms with Crippen molar-refractivity contribution in [3.05, 3.63) is 0 Å². The molecule has 0 unspecified atom stereocenters. The van der Waals surface area contributed by atoms with Crippen LogP contribution >= 0.6 is 0 Å². The van der Waals surface area contributed by atoms with Crippen LogP contribution in [0.3, 0.4) is 0 Å². The monoisotopic (exact) mass is 88.0 g/mol. The van der Waals surface area contributed by atoms with E-state index in [-0.39, 0.29) is 0 Å². The summed E-state index contributed by atoms with van der Waals surface area (Å²) in [6.45, 7) is 0. The normalized spacial score (nSPS) is 14.4. The van der Waals surface area contributed by atoms with E-state index in [1.807, 2.05) is 0 Å². The van der Waals surface area contributed by atoms with Crippen LogP contribution < -0.4 is 0 Å². The first-order valence-electron chi connectivity index (χ1n) is 1.15. The summed E-state index contributed by atoms with van der Waals surface area (Å²) in [6.07, 6.45) is 0. The molecule has 0 aromatic rings. The van der Waals surface area contributed by atoms with Crippen molar-refractivity contribution in [3.8, 4) is 0 Å². The molecule has 0 N–H and O–H groups in total. The summed E-state index contributed by atoms with van der Waals surface area (Å²) < 4.78 is 34.5. The number of hydrogen-bond acceptors (Lipinski definition) is 4. The number of hydrogen-bond donors (Lipinski definition) is 0. The third kappa shape index (κ3) is 13400. The molecule has 5 heteroatoms. The molecule has 0 saturated heterocycles. The third-order valence-corrected chi connectivity index (χ3v) is 0. The summed E-state index contributed by atoms with van der Waals surface area (Å²) in [5.41, 5.74) is 0. The molecule has 5 heavy (non-hydrogen) atoms. The summed E-state index contributed by atoms with van der Waals surface area (Å²) >= 11 is -6.06. The fourth-order valence-electron chi connectivity index (χ4n) is 0. The van der Waals surface area contributed by atoms with Gasteiger partial charge in [0, 0.05) is 0 Å². The Kier molecular flexibility index (Phi) is 0.974. The zero-order valence-corrected chi connectivity index (χ0v) is 3.75. The molecule has 0 spiro atoms. The Labute approximate surface area is 30.9 Å². The molecule has 0 atom stereocenters. The summed E-state index contributed by atoms with van der Waals surface area (Å²) in [6, 6.07) is 0. The van der Waals surface area contributed by atoms with E-state index in [4.69, 9.17) is 12.7 Å². The van der Waals surface area contributed by atoms with Gasteiger partial charge in [0.25, 0.3) is 0 Å². The van der Waals surface area contributed by atoms with E-state index < -0.39 is 17.6 Å². The average molecular weight is 88.3 g/mol. The Balaban J connectivity index is 6.05. The molecule has 0 saturated carbocycles. The molecule has 0 aromatic heterocycles. The van der Waals surface area contributed by atoms with Crippen molar-refractivity contribution in [1.82, 2.24) is 0 Å². The predicted octanol–water partition coefficient (Wildman–Crippen LogP) is -0.856. The summed E-state index contributed by atoms with van der Waals surface area (Å²) in [5.74, 6) is 0. The van der Waals surface area contributed by atoms with Gasteiger partial charge in [-0.3, -0.25) is 0 Å². The second-order valence-corrected chi connectivity index (χ2v) is 2.12. The molecule has 0 fully saturated rings.